The smallest absolute Gasteiger partial charge is 0.161 e. The molecule has 4 rings (SSSR count). The molecule has 20 heavy (non-hydrogen) atoms. The van der Waals surface area contributed by atoms with Gasteiger partial charge < -0.3 is 5.73 Å². The molecule has 2 aromatic heterocycles. The lowest BCUT2D eigenvalue weighted by Gasteiger charge is -2.07. The normalized spacial score (nSPS) is 13.6. The Balaban J connectivity index is 1.88. The van der Waals surface area contributed by atoms with Crippen molar-refractivity contribution in [2.45, 2.75) is 19.3 Å². The molecule has 1 aromatic carbocycles. The van der Waals surface area contributed by atoms with Gasteiger partial charge in [-0.05, 0) is 43.5 Å². The molecule has 0 unspecified atom stereocenters. The van der Waals surface area contributed by atoms with E-state index in [4.69, 9.17) is 5.73 Å². The summed E-state index contributed by atoms with van der Waals surface area (Å²) in [4.78, 5) is 13.5. The van der Waals surface area contributed by atoms with Gasteiger partial charge in [0.15, 0.2) is 5.82 Å². The number of nitrogens with zero attached hydrogens (tertiary/aromatic N) is 3. The Morgan fingerprint density at radius 1 is 1.05 bits per heavy atom. The van der Waals surface area contributed by atoms with Crippen LogP contribution in [-0.4, -0.2) is 15.0 Å². The third-order valence-corrected chi connectivity index (χ3v) is 3.83. The summed E-state index contributed by atoms with van der Waals surface area (Å²) in [5.41, 5.74) is 10.3. The summed E-state index contributed by atoms with van der Waals surface area (Å²) in [7, 11) is 0. The molecule has 0 saturated carbocycles. The number of anilines is 1. The molecule has 0 bridgehead atoms. The highest BCUT2D eigenvalue weighted by atomic mass is 15.0. The van der Waals surface area contributed by atoms with Crippen molar-refractivity contribution in [1.29, 1.82) is 0 Å². The third kappa shape index (κ3) is 1.72. The fraction of sp³-hybridized carbons (Fsp3) is 0.188. The quantitative estimate of drug-likeness (QED) is 0.732. The molecule has 2 heterocycles. The largest absolute Gasteiger partial charge is 0.383 e. The van der Waals surface area contributed by atoms with Crippen LogP contribution in [0.4, 0.5) is 5.82 Å². The van der Waals surface area contributed by atoms with E-state index in [-0.39, 0.29) is 0 Å². The van der Waals surface area contributed by atoms with Gasteiger partial charge in [-0.2, -0.15) is 0 Å². The van der Waals surface area contributed by atoms with Crippen LogP contribution >= 0.6 is 0 Å². The molecule has 0 radical (unpaired) electrons. The maximum Gasteiger partial charge on any atom is 0.161 e. The van der Waals surface area contributed by atoms with Gasteiger partial charge in [-0.1, -0.05) is 6.07 Å². The number of pyridine rings is 1. The lowest BCUT2D eigenvalue weighted by Crippen LogP contribution is -2.02. The standard InChI is InChI=1S/C16H14N4/c17-15-12-4-1-5-14(12)19-16(20-15)11-6-7-13-10(9-11)3-2-8-18-13/h2-3,6-9H,1,4-5H2,(H2,17,19,20). The molecule has 3 aromatic rings. The van der Waals surface area contributed by atoms with Gasteiger partial charge in [0.25, 0.3) is 0 Å². The van der Waals surface area contributed by atoms with E-state index in [0.29, 0.717) is 11.6 Å². The van der Waals surface area contributed by atoms with Crippen LogP contribution in [0.25, 0.3) is 22.3 Å². The lowest BCUT2D eigenvalue weighted by molar-refractivity contribution is 0.900. The lowest BCUT2D eigenvalue weighted by atomic mass is 10.1. The Morgan fingerprint density at radius 2 is 2.00 bits per heavy atom. The summed E-state index contributed by atoms with van der Waals surface area (Å²) in [5, 5.41) is 1.09. The van der Waals surface area contributed by atoms with Crippen LogP contribution in [0.3, 0.4) is 0 Å². The maximum absolute atomic E-state index is 6.06. The molecule has 4 heteroatoms. The first kappa shape index (κ1) is 11.3. The van der Waals surface area contributed by atoms with Gasteiger partial charge in [0.1, 0.15) is 5.82 Å². The SMILES string of the molecule is Nc1nc(-c2ccc3ncccc3c2)nc2c1CCC2. The topological polar surface area (TPSA) is 64.7 Å². The van der Waals surface area contributed by atoms with Crippen molar-refractivity contribution in [3.63, 3.8) is 0 Å². The van der Waals surface area contributed by atoms with Crippen LogP contribution in [-0.2, 0) is 12.8 Å². The highest BCUT2D eigenvalue weighted by molar-refractivity contribution is 5.83. The number of nitrogens with two attached hydrogens (primary N) is 1. The number of rotatable bonds is 1. The monoisotopic (exact) mass is 262 g/mol. The number of fused-ring (bicyclic) bond motifs is 2. The van der Waals surface area contributed by atoms with E-state index in [1.165, 1.54) is 0 Å². The van der Waals surface area contributed by atoms with Gasteiger partial charge in [-0.3, -0.25) is 4.98 Å². The molecule has 0 amide bonds. The van der Waals surface area contributed by atoms with Gasteiger partial charge in [0, 0.05) is 28.4 Å². The van der Waals surface area contributed by atoms with Crippen LogP contribution in [0.2, 0.25) is 0 Å². The molecule has 0 aliphatic heterocycles. The first-order chi connectivity index (χ1) is 9.81. The maximum atomic E-state index is 6.06. The van der Waals surface area contributed by atoms with Crippen LogP contribution in [0.1, 0.15) is 17.7 Å². The van der Waals surface area contributed by atoms with E-state index in [0.717, 1.165) is 47.0 Å². The molecule has 0 fully saturated rings. The molecular weight excluding hydrogens is 248 g/mol. The zero-order chi connectivity index (χ0) is 13.5. The number of hydrogen-bond donors (Lipinski definition) is 1. The van der Waals surface area contributed by atoms with Gasteiger partial charge in [0.05, 0.1) is 5.52 Å². The summed E-state index contributed by atoms with van der Waals surface area (Å²) < 4.78 is 0. The molecule has 0 spiro atoms. The molecule has 2 N–H and O–H groups in total. The molecule has 98 valence electrons. The molecule has 0 atom stereocenters. The predicted molar refractivity (Wildman–Crippen MR) is 79.2 cm³/mol. The zero-order valence-corrected chi connectivity index (χ0v) is 11.0. The van der Waals surface area contributed by atoms with Gasteiger partial charge in [0.2, 0.25) is 0 Å². The second kappa shape index (κ2) is 4.27. The molecule has 1 aliphatic carbocycles. The van der Waals surface area contributed by atoms with Crippen LogP contribution in [0.15, 0.2) is 36.5 Å². The number of benzene rings is 1. The average molecular weight is 262 g/mol. The van der Waals surface area contributed by atoms with E-state index < -0.39 is 0 Å². The average Bonchev–Trinajstić information content (AvgIpc) is 2.96. The van der Waals surface area contributed by atoms with E-state index >= 15 is 0 Å². The van der Waals surface area contributed by atoms with E-state index in [9.17, 15) is 0 Å². The second-order valence-corrected chi connectivity index (χ2v) is 5.12. The summed E-state index contributed by atoms with van der Waals surface area (Å²) in [6.07, 6.45) is 4.93. The first-order valence-corrected chi connectivity index (χ1v) is 6.82. The van der Waals surface area contributed by atoms with Crippen LogP contribution in [0.5, 0.6) is 0 Å². The highest BCUT2D eigenvalue weighted by Crippen LogP contribution is 2.28. The summed E-state index contributed by atoms with van der Waals surface area (Å²) >= 11 is 0. The third-order valence-electron chi connectivity index (χ3n) is 3.83. The highest BCUT2D eigenvalue weighted by Gasteiger charge is 2.18. The van der Waals surface area contributed by atoms with Crippen LogP contribution in [0, 0.1) is 0 Å². The van der Waals surface area contributed by atoms with Crippen molar-refractivity contribution in [1.82, 2.24) is 15.0 Å². The molecule has 1 aliphatic rings. The summed E-state index contributed by atoms with van der Waals surface area (Å²) in [6, 6.07) is 10.0. The van der Waals surface area contributed by atoms with Crippen molar-refractivity contribution in [2.75, 3.05) is 5.73 Å². The minimum Gasteiger partial charge on any atom is -0.383 e. The fourth-order valence-corrected chi connectivity index (χ4v) is 2.81. The van der Waals surface area contributed by atoms with Gasteiger partial charge in [-0.15, -0.1) is 0 Å². The minimum absolute atomic E-state index is 0.633. The summed E-state index contributed by atoms with van der Waals surface area (Å²) in [5.74, 6) is 1.35. The van der Waals surface area contributed by atoms with Gasteiger partial charge >= 0.3 is 0 Å². The fourth-order valence-electron chi connectivity index (χ4n) is 2.81. The minimum atomic E-state index is 0.633. The Labute approximate surface area is 116 Å². The number of aromatic nitrogens is 3. The zero-order valence-electron chi connectivity index (χ0n) is 11.0. The Hall–Kier alpha value is -2.49. The molecular formula is C16H14N4. The van der Waals surface area contributed by atoms with E-state index in [1.807, 2.05) is 24.3 Å². The number of aryl methyl sites for hydroxylation is 1. The van der Waals surface area contributed by atoms with Crippen molar-refractivity contribution >= 4 is 16.7 Å². The Kier molecular flexibility index (Phi) is 2.42. The van der Waals surface area contributed by atoms with Crippen molar-refractivity contribution in [3.8, 4) is 11.4 Å². The molecule has 0 saturated heterocycles. The number of hydrogen-bond acceptors (Lipinski definition) is 4. The predicted octanol–water partition coefficient (Wildman–Crippen LogP) is 2.76. The Morgan fingerprint density at radius 3 is 2.95 bits per heavy atom. The van der Waals surface area contributed by atoms with Crippen LogP contribution < -0.4 is 5.73 Å². The summed E-state index contributed by atoms with van der Waals surface area (Å²) in [6.45, 7) is 0. The van der Waals surface area contributed by atoms with E-state index in [1.54, 1.807) is 6.20 Å². The first-order valence-electron chi connectivity index (χ1n) is 6.82. The Bertz CT molecular complexity index is 811. The van der Waals surface area contributed by atoms with Crippen molar-refractivity contribution < 1.29 is 0 Å². The van der Waals surface area contributed by atoms with Crippen molar-refractivity contribution in [3.05, 3.63) is 47.8 Å². The second-order valence-electron chi connectivity index (χ2n) is 5.12. The molecule has 4 nitrogen and oxygen atoms in total. The number of nitrogen functional groups attached to an aromatic ring is 1. The van der Waals surface area contributed by atoms with E-state index in [2.05, 4.69) is 21.0 Å². The van der Waals surface area contributed by atoms with Crippen molar-refractivity contribution in [2.24, 2.45) is 0 Å². The van der Waals surface area contributed by atoms with Gasteiger partial charge in [-0.25, -0.2) is 9.97 Å².